The summed E-state index contributed by atoms with van der Waals surface area (Å²) >= 11 is 0. The fraction of sp³-hybridized carbons (Fsp3) is 0.588. The van der Waals surface area contributed by atoms with Gasteiger partial charge in [0.2, 0.25) is 5.91 Å². The average molecular weight is 292 g/mol. The number of nitrogens with one attached hydrogen (secondary N) is 1. The maximum atomic E-state index is 12.4. The minimum atomic E-state index is -0.888. The lowest BCUT2D eigenvalue weighted by molar-refractivity contribution is -0.127. The van der Waals surface area contributed by atoms with Crippen LogP contribution in [0.4, 0.5) is 5.69 Å². The van der Waals surface area contributed by atoms with Crippen molar-refractivity contribution in [3.8, 4) is 0 Å². The first-order valence-corrected chi connectivity index (χ1v) is 7.41. The zero-order valence-electron chi connectivity index (χ0n) is 13.7. The van der Waals surface area contributed by atoms with Gasteiger partial charge in [-0.1, -0.05) is 26.0 Å². The molecule has 1 aromatic carbocycles. The van der Waals surface area contributed by atoms with E-state index >= 15 is 0 Å². The summed E-state index contributed by atoms with van der Waals surface area (Å²) in [5.41, 5.74) is 5.70. The van der Waals surface area contributed by atoms with Crippen LogP contribution in [0, 0.1) is 5.92 Å². The third-order valence-electron chi connectivity index (χ3n) is 3.68. The molecule has 1 rings (SSSR count). The number of carbonyl (C=O) groups is 1. The van der Waals surface area contributed by atoms with E-state index in [0.717, 1.165) is 5.56 Å². The van der Waals surface area contributed by atoms with Gasteiger partial charge in [0.25, 0.3) is 0 Å². The maximum Gasteiger partial charge on any atom is 0.230 e. The molecule has 1 aromatic rings. The van der Waals surface area contributed by atoms with E-state index in [1.807, 2.05) is 26.0 Å². The van der Waals surface area contributed by atoms with Crippen LogP contribution in [0.1, 0.15) is 46.6 Å². The third kappa shape index (κ3) is 5.05. The van der Waals surface area contributed by atoms with Gasteiger partial charge in [0.05, 0.1) is 11.0 Å². The van der Waals surface area contributed by atoms with Crippen LogP contribution in [-0.4, -0.2) is 23.2 Å². The number of hydrogen-bond donors (Lipinski definition) is 3. The Kier molecular flexibility index (Phi) is 5.40. The summed E-state index contributed by atoms with van der Waals surface area (Å²) in [5, 5.41) is 13.1. The molecule has 118 valence electrons. The molecular formula is C17H28N2O2. The number of rotatable bonds is 6. The number of benzene rings is 1. The predicted octanol–water partition coefficient (Wildman–Crippen LogP) is 2.46. The SMILES string of the molecule is CC(C)CC(C)(O)CNC(=O)C(C)(C)c1ccc(N)cc1. The monoisotopic (exact) mass is 292 g/mol. The summed E-state index contributed by atoms with van der Waals surface area (Å²) in [6.45, 7) is 9.84. The summed E-state index contributed by atoms with van der Waals surface area (Å²) in [5.74, 6) is 0.276. The van der Waals surface area contributed by atoms with Crippen molar-refractivity contribution < 1.29 is 9.90 Å². The number of anilines is 1. The van der Waals surface area contributed by atoms with Crippen LogP contribution in [-0.2, 0) is 10.2 Å². The molecule has 1 unspecified atom stereocenters. The topological polar surface area (TPSA) is 75.3 Å². The molecule has 0 aliphatic rings. The van der Waals surface area contributed by atoms with Crippen LogP contribution in [0.25, 0.3) is 0 Å². The molecule has 0 aromatic heterocycles. The van der Waals surface area contributed by atoms with Crippen LogP contribution in [0.2, 0.25) is 0 Å². The molecule has 4 N–H and O–H groups in total. The number of carbonyl (C=O) groups excluding carboxylic acids is 1. The molecular weight excluding hydrogens is 264 g/mol. The second kappa shape index (κ2) is 6.48. The molecule has 0 aliphatic heterocycles. The molecule has 0 saturated heterocycles. The Balaban J connectivity index is 2.72. The van der Waals surface area contributed by atoms with Crippen molar-refractivity contribution in [2.45, 2.75) is 52.1 Å². The first kappa shape index (κ1) is 17.5. The van der Waals surface area contributed by atoms with E-state index in [1.165, 1.54) is 0 Å². The number of nitrogen functional groups attached to an aromatic ring is 1. The Morgan fingerprint density at radius 1 is 1.24 bits per heavy atom. The van der Waals surface area contributed by atoms with E-state index in [9.17, 15) is 9.90 Å². The fourth-order valence-corrected chi connectivity index (χ4v) is 2.47. The third-order valence-corrected chi connectivity index (χ3v) is 3.68. The summed E-state index contributed by atoms with van der Waals surface area (Å²) < 4.78 is 0. The number of hydrogen-bond acceptors (Lipinski definition) is 3. The summed E-state index contributed by atoms with van der Waals surface area (Å²) in [7, 11) is 0. The molecule has 0 radical (unpaired) electrons. The van der Waals surface area contributed by atoms with E-state index < -0.39 is 11.0 Å². The molecule has 4 nitrogen and oxygen atoms in total. The van der Waals surface area contributed by atoms with Gasteiger partial charge in [-0.3, -0.25) is 4.79 Å². The van der Waals surface area contributed by atoms with Gasteiger partial charge in [-0.05, 0) is 50.8 Å². The lowest BCUT2D eigenvalue weighted by Crippen LogP contribution is -2.47. The van der Waals surface area contributed by atoms with E-state index in [1.54, 1.807) is 19.1 Å². The van der Waals surface area contributed by atoms with Crippen LogP contribution in [0.3, 0.4) is 0 Å². The highest BCUT2D eigenvalue weighted by Gasteiger charge is 2.31. The van der Waals surface area contributed by atoms with Crippen LogP contribution in [0.5, 0.6) is 0 Å². The highest BCUT2D eigenvalue weighted by Crippen LogP contribution is 2.24. The van der Waals surface area contributed by atoms with Gasteiger partial charge in [0.15, 0.2) is 0 Å². The fourth-order valence-electron chi connectivity index (χ4n) is 2.47. The number of nitrogens with two attached hydrogens (primary N) is 1. The Morgan fingerprint density at radius 3 is 2.24 bits per heavy atom. The maximum absolute atomic E-state index is 12.4. The molecule has 0 bridgehead atoms. The summed E-state index contributed by atoms with van der Waals surface area (Å²) in [6.07, 6.45) is 0.648. The van der Waals surface area contributed by atoms with Gasteiger partial charge in [-0.25, -0.2) is 0 Å². The van der Waals surface area contributed by atoms with Crippen molar-refractivity contribution in [2.75, 3.05) is 12.3 Å². The molecule has 0 saturated carbocycles. The van der Waals surface area contributed by atoms with Crippen molar-refractivity contribution in [1.29, 1.82) is 0 Å². The van der Waals surface area contributed by atoms with Gasteiger partial charge < -0.3 is 16.2 Å². The zero-order valence-corrected chi connectivity index (χ0v) is 13.7. The first-order valence-electron chi connectivity index (χ1n) is 7.41. The molecule has 1 amide bonds. The van der Waals surface area contributed by atoms with Gasteiger partial charge in [-0.15, -0.1) is 0 Å². The van der Waals surface area contributed by atoms with E-state index in [2.05, 4.69) is 19.2 Å². The average Bonchev–Trinajstić information content (AvgIpc) is 2.35. The lowest BCUT2D eigenvalue weighted by atomic mass is 9.83. The van der Waals surface area contributed by atoms with Crippen molar-refractivity contribution in [2.24, 2.45) is 5.92 Å². The van der Waals surface area contributed by atoms with Crippen LogP contribution >= 0.6 is 0 Å². The summed E-state index contributed by atoms with van der Waals surface area (Å²) in [4.78, 5) is 12.4. The van der Waals surface area contributed by atoms with E-state index in [-0.39, 0.29) is 12.5 Å². The lowest BCUT2D eigenvalue weighted by Gasteiger charge is -2.29. The zero-order chi connectivity index (χ0) is 16.3. The molecule has 0 spiro atoms. The quantitative estimate of drug-likeness (QED) is 0.705. The molecule has 4 heteroatoms. The van der Waals surface area contributed by atoms with Crippen molar-refractivity contribution in [1.82, 2.24) is 5.32 Å². The van der Waals surface area contributed by atoms with Gasteiger partial charge in [0, 0.05) is 12.2 Å². The minimum Gasteiger partial charge on any atom is -0.399 e. The number of amides is 1. The normalized spacial score (nSPS) is 14.8. The van der Waals surface area contributed by atoms with E-state index in [0.29, 0.717) is 18.0 Å². The second-order valence-corrected chi connectivity index (χ2v) is 7.02. The second-order valence-electron chi connectivity index (χ2n) is 7.02. The molecule has 0 heterocycles. The molecule has 21 heavy (non-hydrogen) atoms. The van der Waals surface area contributed by atoms with Crippen molar-refractivity contribution in [3.05, 3.63) is 29.8 Å². The molecule has 0 aliphatic carbocycles. The predicted molar refractivity (Wildman–Crippen MR) is 87.0 cm³/mol. The van der Waals surface area contributed by atoms with Crippen molar-refractivity contribution >= 4 is 11.6 Å². The van der Waals surface area contributed by atoms with Crippen LogP contribution < -0.4 is 11.1 Å². The number of aliphatic hydroxyl groups is 1. The van der Waals surface area contributed by atoms with Gasteiger partial charge in [0.1, 0.15) is 0 Å². The Labute approximate surface area is 127 Å². The Morgan fingerprint density at radius 2 is 1.76 bits per heavy atom. The minimum absolute atomic E-state index is 0.101. The summed E-state index contributed by atoms with van der Waals surface area (Å²) in [6, 6.07) is 7.31. The van der Waals surface area contributed by atoms with Crippen molar-refractivity contribution in [3.63, 3.8) is 0 Å². The van der Waals surface area contributed by atoms with Gasteiger partial charge >= 0.3 is 0 Å². The smallest absolute Gasteiger partial charge is 0.230 e. The van der Waals surface area contributed by atoms with E-state index in [4.69, 9.17) is 5.73 Å². The highest BCUT2D eigenvalue weighted by molar-refractivity contribution is 5.87. The van der Waals surface area contributed by atoms with Crippen LogP contribution in [0.15, 0.2) is 24.3 Å². The van der Waals surface area contributed by atoms with Gasteiger partial charge in [-0.2, -0.15) is 0 Å². The molecule has 1 atom stereocenters. The Bertz CT molecular complexity index is 476. The standard InChI is InChI=1S/C17H28N2O2/c1-12(2)10-17(5,21)11-19-15(20)16(3,4)13-6-8-14(18)9-7-13/h6-9,12,21H,10-11,18H2,1-5H3,(H,19,20). The Hall–Kier alpha value is -1.55. The molecule has 0 fully saturated rings. The largest absolute Gasteiger partial charge is 0.399 e. The highest BCUT2D eigenvalue weighted by atomic mass is 16.3. The first-order chi connectivity index (χ1) is 9.54.